The minimum absolute atomic E-state index is 0.542. The average molecular weight is 261 g/mol. The first-order valence-electron chi connectivity index (χ1n) is 7.37. The highest BCUT2D eigenvalue weighted by Crippen LogP contribution is 2.39. The summed E-state index contributed by atoms with van der Waals surface area (Å²) in [5.74, 6) is 9.65. The van der Waals surface area contributed by atoms with E-state index in [4.69, 9.17) is 5.84 Å². The van der Waals surface area contributed by atoms with Gasteiger partial charge in [0, 0.05) is 18.0 Å². The second kappa shape index (κ2) is 5.33. The third kappa shape index (κ3) is 2.81. The van der Waals surface area contributed by atoms with Gasteiger partial charge >= 0.3 is 0 Å². The number of nitrogens with two attached hydrogens (primary N) is 1. The Hall–Kier alpha value is -1.36. The van der Waals surface area contributed by atoms with Gasteiger partial charge in [0.2, 0.25) is 0 Å². The molecule has 5 nitrogen and oxygen atoms in total. The summed E-state index contributed by atoms with van der Waals surface area (Å²) in [6.45, 7) is 3.01. The lowest BCUT2D eigenvalue weighted by molar-refractivity contribution is 0.303. The highest BCUT2D eigenvalue weighted by Gasteiger charge is 2.28. The SMILES string of the molecule is Cc1c(NN)nc(C2CC2)nc1NCCC1CCC1. The van der Waals surface area contributed by atoms with Gasteiger partial charge in [0.1, 0.15) is 17.5 Å². The van der Waals surface area contributed by atoms with Gasteiger partial charge in [-0.2, -0.15) is 0 Å². The van der Waals surface area contributed by atoms with Crippen LogP contribution in [-0.4, -0.2) is 16.5 Å². The summed E-state index contributed by atoms with van der Waals surface area (Å²) >= 11 is 0. The number of nitrogens with zero attached hydrogens (tertiary/aromatic N) is 2. The van der Waals surface area contributed by atoms with E-state index in [0.717, 1.165) is 35.5 Å². The van der Waals surface area contributed by atoms with E-state index in [-0.39, 0.29) is 0 Å². The van der Waals surface area contributed by atoms with E-state index < -0.39 is 0 Å². The van der Waals surface area contributed by atoms with Crippen LogP contribution < -0.4 is 16.6 Å². The molecule has 1 aromatic heterocycles. The number of hydrazine groups is 1. The Balaban J connectivity index is 1.68. The average Bonchev–Trinajstić information content (AvgIpc) is 3.18. The summed E-state index contributed by atoms with van der Waals surface area (Å²) in [6, 6.07) is 0. The minimum Gasteiger partial charge on any atom is -0.370 e. The maximum Gasteiger partial charge on any atom is 0.148 e. The zero-order valence-corrected chi connectivity index (χ0v) is 11.6. The van der Waals surface area contributed by atoms with E-state index >= 15 is 0 Å². The molecule has 5 heteroatoms. The quantitative estimate of drug-likeness (QED) is 0.542. The fraction of sp³-hybridized carbons (Fsp3) is 0.714. The van der Waals surface area contributed by atoms with E-state index in [1.807, 2.05) is 6.92 Å². The monoisotopic (exact) mass is 261 g/mol. The van der Waals surface area contributed by atoms with Crippen LogP contribution in [0.1, 0.15) is 55.8 Å². The van der Waals surface area contributed by atoms with Crippen molar-refractivity contribution in [2.24, 2.45) is 11.8 Å². The molecule has 0 aromatic carbocycles. The lowest BCUT2D eigenvalue weighted by atomic mass is 9.83. The number of anilines is 2. The molecule has 104 valence electrons. The highest BCUT2D eigenvalue weighted by molar-refractivity contribution is 5.57. The molecule has 0 spiro atoms. The summed E-state index contributed by atoms with van der Waals surface area (Å²) < 4.78 is 0. The zero-order valence-electron chi connectivity index (χ0n) is 11.6. The molecule has 0 aliphatic heterocycles. The molecule has 0 unspecified atom stereocenters. The third-order valence-corrected chi connectivity index (χ3v) is 4.31. The van der Waals surface area contributed by atoms with Crippen LogP contribution in [0.5, 0.6) is 0 Å². The van der Waals surface area contributed by atoms with Crippen molar-refractivity contribution in [2.45, 2.75) is 51.4 Å². The van der Waals surface area contributed by atoms with Gasteiger partial charge in [0.25, 0.3) is 0 Å². The van der Waals surface area contributed by atoms with Crippen molar-refractivity contribution in [2.75, 3.05) is 17.3 Å². The van der Waals surface area contributed by atoms with Gasteiger partial charge in [0.05, 0.1) is 0 Å². The van der Waals surface area contributed by atoms with Gasteiger partial charge in [-0.05, 0) is 32.1 Å². The standard InChI is InChI=1S/C14H23N5/c1-9-12(16-8-7-10-3-2-4-10)17-14(11-5-6-11)18-13(9)19-15/h10-11H,2-8,15H2,1H3,(H2,16,17,18,19). The number of hydrogen-bond acceptors (Lipinski definition) is 5. The first kappa shape index (κ1) is 12.7. The molecule has 0 bridgehead atoms. The number of hydrogen-bond donors (Lipinski definition) is 3. The summed E-state index contributed by atoms with van der Waals surface area (Å²) in [4.78, 5) is 9.16. The first-order valence-corrected chi connectivity index (χ1v) is 7.37. The van der Waals surface area contributed by atoms with Crippen molar-refractivity contribution < 1.29 is 0 Å². The molecule has 2 fully saturated rings. The summed E-state index contributed by atoms with van der Waals surface area (Å²) in [7, 11) is 0. The molecule has 3 rings (SSSR count). The minimum atomic E-state index is 0.542. The largest absolute Gasteiger partial charge is 0.370 e. The lowest BCUT2D eigenvalue weighted by Crippen LogP contribution is -2.18. The second-order valence-electron chi connectivity index (χ2n) is 5.84. The molecule has 0 saturated heterocycles. The molecule has 1 aromatic rings. The van der Waals surface area contributed by atoms with Crippen molar-refractivity contribution in [3.8, 4) is 0 Å². The maximum absolute atomic E-state index is 5.55. The van der Waals surface area contributed by atoms with E-state index in [9.17, 15) is 0 Å². The molecule has 2 saturated carbocycles. The van der Waals surface area contributed by atoms with E-state index in [1.165, 1.54) is 38.5 Å². The number of nitrogens with one attached hydrogen (secondary N) is 2. The van der Waals surface area contributed by atoms with Crippen LogP contribution in [-0.2, 0) is 0 Å². The Morgan fingerprint density at radius 3 is 2.47 bits per heavy atom. The van der Waals surface area contributed by atoms with Crippen LogP contribution >= 0.6 is 0 Å². The Morgan fingerprint density at radius 2 is 1.89 bits per heavy atom. The smallest absolute Gasteiger partial charge is 0.148 e. The maximum atomic E-state index is 5.55. The molecule has 0 radical (unpaired) electrons. The van der Waals surface area contributed by atoms with Crippen molar-refractivity contribution >= 4 is 11.6 Å². The molecule has 0 atom stereocenters. The Morgan fingerprint density at radius 1 is 1.16 bits per heavy atom. The summed E-state index contributed by atoms with van der Waals surface area (Å²) in [5, 5.41) is 3.46. The highest BCUT2D eigenvalue weighted by atomic mass is 15.3. The fourth-order valence-corrected chi connectivity index (χ4v) is 2.55. The Labute approximate surface area is 114 Å². The van der Waals surface area contributed by atoms with Crippen molar-refractivity contribution in [3.05, 3.63) is 11.4 Å². The van der Waals surface area contributed by atoms with Gasteiger partial charge in [0.15, 0.2) is 0 Å². The number of aromatic nitrogens is 2. The van der Waals surface area contributed by atoms with Crippen LogP contribution in [0.25, 0.3) is 0 Å². The van der Waals surface area contributed by atoms with Crippen LogP contribution in [0.2, 0.25) is 0 Å². The molecule has 0 amide bonds. The summed E-state index contributed by atoms with van der Waals surface area (Å²) in [5.41, 5.74) is 3.70. The predicted molar refractivity (Wildman–Crippen MR) is 77.0 cm³/mol. The van der Waals surface area contributed by atoms with Crippen molar-refractivity contribution in [3.63, 3.8) is 0 Å². The Bertz CT molecular complexity index is 451. The molecular formula is C14H23N5. The molecule has 2 aliphatic carbocycles. The van der Waals surface area contributed by atoms with Crippen LogP contribution in [0.15, 0.2) is 0 Å². The van der Waals surface area contributed by atoms with Gasteiger partial charge in [-0.25, -0.2) is 15.8 Å². The van der Waals surface area contributed by atoms with Gasteiger partial charge in [-0.1, -0.05) is 19.3 Å². The van der Waals surface area contributed by atoms with Gasteiger partial charge < -0.3 is 10.7 Å². The fourth-order valence-electron chi connectivity index (χ4n) is 2.55. The third-order valence-electron chi connectivity index (χ3n) is 4.31. The summed E-state index contributed by atoms with van der Waals surface area (Å²) in [6.07, 6.45) is 7.85. The van der Waals surface area contributed by atoms with Crippen molar-refractivity contribution in [1.82, 2.24) is 9.97 Å². The molecular weight excluding hydrogens is 238 g/mol. The number of rotatable bonds is 6. The second-order valence-corrected chi connectivity index (χ2v) is 5.84. The first-order chi connectivity index (χ1) is 9.28. The molecule has 1 heterocycles. The Kier molecular flexibility index (Phi) is 3.55. The van der Waals surface area contributed by atoms with Gasteiger partial charge in [-0.15, -0.1) is 0 Å². The van der Waals surface area contributed by atoms with E-state index in [0.29, 0.717) is 5.92 Å². The molecule has 19 heavy (non-hydrogen) atoms. The zero-order chi connectivity index (χ0) is 13.2. The molecule has 2 aliphatic rings. The topological polar surface area (TPSA) is 75.9 Å². The van der Waals surface area contributed by atoms with Crippen LogP contribution in [0, 0.1) is 12.8 Å². The van der Waals surface area contributed by atoms with Gasteiger partial charge in [-0.3, -0.25) is 0 Å². The van der Waals surface area contributed by atoms with Crippen LogP contribution in [0.3, 0.4) is 0 Å². The van der Waals surface area contributed by atoms with E-state index in [1.54, 1.807) is 0 Å². The number of nitrogen functional groups attached to an aromatic ring is 1. The normalized spacial score (nSPS) is 19.1. The predicted octanol–water partition coefficient (Wildman–Crippen LogP) is 2.55. The van der Waals surface area contributed by atoms with Crippen molar-refractivity contribution in [1.29, 1.82) is 0 Å². The molecule has 4 N–H and O–H groups in total. The van der Waals surface area contributed by atoms with E-state index in [2.05, 4.69) is 20.7 Å². The van der Waals surface area contributed by atoms with Crippen LogP contribution in [0.4, 0.5) is 11.6 Å². The lowest BCUT2D eigenvalue weighted by Gasteiger charge is -2.25.